The fourth-order valence-electron chi connectivity index (χ4n) is 1.38. The number of nitro benzene ring substituents is 1. The Morgan fingerprint density at radius 2 is 2.21 bits per heavy atom. The molecule has 1 aromatic rings. The molecule has 0 fully saturated rings. The van der Waals surface area contributed by atoms with Crippen LogP contribution in [0.25, 0.3) is 0 Å². The number of hydrogen-bond acceptors (Lipinski definition) is 7. The molecule has 1 heterocycles. The molecule has 0 spiro atoms. The summed E-state index contributed by atoms with van der Waals surface area (Å²) in [6.07, 6.45) is 0. The highest BCUT2D eigenvalue weighted by molar-refractivity contribution is 6.12. The molecule has 0 bridgehead atoms. The molecule has 1 unspecified atom stereocenters. The summed E-state index contributed by atoms with van der Waals surface area (Å²) in [4.78, 5) is 26.1. The van der Waals surface area contributed by atoms with Gasteiger partial charge in [0.15, 0.2) is 0 Å². The molecule has 1 aromatic carbocycles. The maximum Gasteiger partial charge on any atom is 0.369 e. The van der Waals surface area contributed by atoms with E-state index in [1.165, 1.54) is 25.1 Å². The largest absolute Gasteiger partial charge is 0.369 e. The number of benzene rings is 1. The third-order valence-electron chi connectivity index (χ3n) is 2.77. The zero-order chi connectivity index (χ0) is 14.0. The van der Waals surface area contributed by atoms with Crippen molar-refractivity contribution in [3.05, 3.63) is 34.4 Å². The van der Waals surface area contributed by atoms with Crippen molar-refractivity contribution in [1.29, 1.82) is 0 Å². The summed E-state index contributed by atoms with van der Waals surface area (Å²) < 4.78 is 0. The smallest absolute Gasteiger partial charge is 0.315 e. The molecule has 1 aliphatic heterocycles. The van der Waals surface area contributed by atoms with Crippen molar-refractivity contribution >= 4 is 23.1 Å². The van der Waals surface area contributed by atoms with E-state index >= 15 is 0 Å². The fourth-order valence-corrected chi connectivity index (χ4v) is 1.38. The molecule has 19 heavy (non-hydrogen) atoms. The van der Waals surface area contributed by atoms with Crippen molar-refractivity contribution in [3.63, 3.8) is 0 Å². The maximum atomic E-state index is 11.5. The van der Waals surface area contributed by atoms with Gasteiger partial charge in [-0.3, -0.25) is 10.1 Å². The SMILES string of the molecule is CC1=NOC(=O)C1(C)N=Nc1cccc([N+](=O)[O-])c1. The number of non-ortho nitro benzene ring substituents is 1. The molecule has 0 amide bonds. The van der Waals surface area contributed by atoms with Crippen LogP contribution in [-0.2, 0) is 9.63 Å². The van der Waals surface area contributed by atoms with E-state index in [0.29, 0.717) is 5.71 Å². The molecule has 0 radical (unpaired) electrons. The summed E-state index contributed by atoms with van der Waals surface area (Å²) >= 11 is 0. The second-order valence-electron chi connectivity index (χ2n) is 4.10. The van der Waals surface area contributed by atoms with Gasteiger partial charge in [-0.1, -0.05) is 11.2 Å². The van der Waals surface area contributed by atoms with Gasteiger partial charge >= 0.3 is 5.97 Å². The lowest BCUT2D eigenvalue weighted by molar-refractivity contribution is -0.384. The molecule has 0 aromatic heterocycles. The van der Waals surface area contributed by atoms with Crippen molar-refractivity contribution in [2.45, 2.75) is 19.4 Å². The summed E-state index contributed by atoms with van der Waals surface area (Å²) in [5.41, 5.74) is -0.708. The van der Waals surface area contributed by atoms with E-state index in [4.69, 9.17) is 0 Å². The number of azo groups is 1. The second-order valence-corrected chi connectivity index (χ2v) is 4.10. The van der Waals surface area contributed by atoms with Crippen molar-refractivity contribution in [1.82, 2.24) is 0 Å². The van der Waals surface area contributed by atoms with E-state index < -0.39 is 16.4 Å². The van der Waals surface area contributed by atoms with Crippen LogP contribution < -0.4 is 0 Å². The van der Waals surface area contributed by atoms with Crippen molar-refractivity contribution < 1.29 is 14.6 Å². The quantitative estimate of drug-likeness (QED) is 0.360. The second kappa shape index (κ2) is 4.56. The normalized spacial score (nSPS) is 22.4. The summed E-state index contributed by atoms with van der Waals surface area (Å²) in [5.74, 6) is -0.626. The van der Waals surface area contributed by atoms with Gasteiger partial charge in [0.25, 0.3) is 5.69 Å². The highest BCUT2D eigenvalue weighted by Crippen LogP contribution is 2.26. The third kappa shape index (κ3) is 2.32. The number of carbonyl (C=O) groups is 1. The number of hydrogen-bond donors (Lipinski definition) is 0. The Labute approximate surface area is 107 Å². The summed E-state index contributed by atoms with van der Waals surface area (Å²) in [6, 6.07) is 5.65. The zero-order valence-corrected chi connectivity index (χ0v) is 10.2. The van der Waals surface area contributed by atoms with Crippen LogP contribution in [0, 0.1) is 10.1 Å². The molecule has 2 rings (SSSR count). The van der Waals surface area contributed by atoms with Crippen LogP contribution >= 0.6 is 0 Å². The molecule has 0 aliphatic carbocycles. The van der Waals surface area contributed by atoms with Crippen LogP contribution in [0.5, 0.6) is 0 Å². The predicted molar refractivity (Wildman–Crippen MR) is 65.2 cm³/mol. The Hall–Kier alpha value is -2.64. The molecular weight excluding hydrogens is 252 g/mol. The number of oxime groups is 1. The minimum Gasteiger partial charge on any atom is -0.315 e. The van der Waals surface area contributed by atoms with Crippen molar-refractivity contribution in [2.24, 2.45) is 15.4 Å². The number of nitro groups is 1. The van der Waals surface area contributed by atoms with Gasteiger partial charge in [-0.25, -0.2) is 4.79 Å². The van der Waals surface area contributed by atoms with E-state index in [0.717, 1.165) is 0 Å². The van der Waals surface area contributed by atoms with Gasteiger partial charge < -0.3 is 4.84 Å². The monoisotopic (exact) mass is 262 g/mol. The minimum atomic E-state index is -1.27. The molecule has 8 nitrogen and oxygen atoms in total. The minimum absolute atomic E-state index is 0.0963. The molecule has 0 saturated carbocycles. The van der Waals surface area contributed by atoms with Crippen molar-refractivity contribution in [2.75, 3.05) is 0 Å². The van der Waals surface area contributed by atoms with Gasteiger partial charge in [0.2, 0.25) is 5.54 Å². The van der Waals surface area contributed by atoms with Gasteiger partial charge in [0.05, 0.1) is 16.3 Å². The molecule has 0 N–H and O–H groups in total. The summed E-state index contributed by atoms with van der Waals surface area (Å²) in [5, 5.41) is 21.9. The first-order chi connectivity index (χ1) is 8.93. The van der Waals surface area contributed by atoms with E-state index in [9.17, 15) is 14.9 Å². The lowest BCUT2D eigenvalue weighted by atomic mass is 9.99. The average molecular weight is 262 g/mol. The lowest BCUT2D eigenvalue weighted by Crippen LogP contribution is -2.35. The van der Waals surface area contributed by atoms with E-state index in [1.54, 1.807) is 13.0 Å². The van der Waals surface area contributed by atoms with Crippen LogP contribution in [0.1, 0.15) is 13.8 Å². The van der Waals surface area contributed by atoms with Gasteiger partial charge in [0.1, 0.15) is 0 Å². The fraction of sp³-hybridized carbons (Fsp3) is 0.273. The van der Waals surface area contributed by atoms with Gasteiger partial charge in [0, 0.05) is 12.1 Å². The van der Waals surface area contributed by atoms with Crippen LogP contribution in [0.2, 0.25) is 0 Å². The Kier molecular flexibility index (Phi) is 3.07. The highest BCUT2D eigenvalue weighted by Gasteiger charge is 2.44. The standard InChI is InChI=1S/C11H10N4O4/c1-7-11(2,10(16)19-13-7)14-12-8-4-3-5-9(6-8)15(17)18/h3-6H,1-2H3. The summed E-state index contributed by atoms with van der Waals surface area (Å²) in [6.45, 7) is 3.11. The Morgan fingerprint density at radius 3 is 2.79 bits per heavy atom. The van der Waals surface area contributed by atoms with Crippen LogP contribution in [-0.4, -0.2) is 22.1 Å². The topological polar surface area (TPSA) is 107 Å². The number of carbonyl (C=O) groups excluding carboxylic acids is 1. The number of nitrogens with zero attached hydrogens (tertiary/aromatic N) is 4. The van der Waals surface area contributed by atoms with E-state index in [2.05, 4.69) is 20.2 Å². The van der Waals surface area contributed by atoms with Gasteiger partial charge in [-0.05, 0) is 19.9 Å². The highest BCUT2D eigenvalue weighted by atomic mass is 16.7. The Morgan fingerprint density at radius 1 is 1.47 bits per heavy atom. The first kappa shape index (κ1) is 12.8. The van der Waals surface area contributed by atoms with E-state index in [1.807, 2.05) is 0 Å². The van der Waals surface area contributed by atoms with Crippen LogP contribution in [0.4, 0.5) is 11.4 Å². The summed E-state index contributed by atoms with van der Waals surface area (Å²) in [7, 11) is 0. The van der Waals surface area contributed by atoms with Gasteiger partial charge in [-0.2, -0.15) is 10.2 Å². The molecule has 8 heteroatoms. The first-order valence-electron chi connectivity index (χ1n) is 5.37. The molecule has 1 aliphatic rings. The van der Waals surface area contributed by atoms with Crippen molar-refractivity contribution in [3.8, 4) is 0 Å². The Balaban J connectivity index is 2.28. The van der Waals surface area contributed by atoms with Crippen LogP contribution in [0.3, 0.4) is 0 Å². The lowest BCUT2D eigenvalue weighted by Gasteiger charge is -2.11. The number of rotatable bonds is 3. The predicted octanol–water partition coefficient (Wildman–Crippen LogP) is 2.37. The molecule has 1 atom stereocenters. The van der Waals surface area contributed by atoms with Crippen LogP contribution in [0.15, 0.2) is 39.6 Å². The zero-order valence-electron chi connectivity index (χ0n) is 10.2. The maximum absolute atomic E-state index is 11.5. The first-order valence-corrected chi connectivity index (χ1v) is 5.37. The average Bonchev–Trinajstić information content (AvgIpc) is 2.65. The molecule has 0 saturated heterocycles. The third-order valence-corrected chi connectivity index (χ3v) is 2.77. The van der Waals surface area contributed by atoms with Gasteiger partial charge in [-0.15, -0.1) is 0 Å². The molecule has 98 valence electrons. The Bertz CT molecular complexity index is 610. The van der Waals surface area contributed by atoms with E-state index in [-0.39, 0.29) is 11.4 Å². The molecular formula is C11H10N4O4.